The van der Waals surface area contributed by atoms with E-state index in [9.17, 15) is 9.59 Å². The largest absolute Gasteiger partial charge is 0.343 e. The van der Waals surface area contributed by atoms with Crippen molar-refractivity contribution < 1.29 is 9.59 Å². The molecule has 2 heterocycles. The minimum Gasteiger partial charge on any atom is -0.343 e. The third-order valence-electron chi connectivity index (χ3n) is 6.14. The van der Waals surface area contributed by atoms with E-state index in [1.54, 1.807) is 0 Å². The summed E-state index contributed by atoms with van der Waals surface area (Å²) in [6, 6.07) is 0.817. The lowest BCUT2D eigenvalue weighted by molar-refractivity contribution is -0.138. The predicted octanol–water partition coefficient (Wildman–Crippen LogP) is 1.97. The van der Waals surface area contributed by atoms with E-state index >= 15 is 0 Å². The summed E-state index contributed by atoms with van der Waals surface area (Å²) in [7, 11) is 1.92. The number of hydrogen-bond donors (Lipinski definition) is 0. The van der Waals surface area contributed by atoms with Crippen molar-refractivity contribution in [2.45, 2.75) is 64.5 Å². The molecule has 1 aliphatic carbocycles. The van der Waals surface area contributed by atoms with Crippen molar-refractivity contribution in [1.82, 2.24) is 14.7 Å². The van der Waals surface area contributed by atoms with Gasteiger partial charge in [0, 0.05) is 44.7 Å². The lowest BCUT2D eigenvalue weighted by atomic mass is 9.92. The zero-order valence-corrected chi connectivity index (χ0v) is 15.5. The van der Waals surface area contributed by atoms with Crippen LogP contribution in [0.4, 0.5) is 0 Å². The summed E-state index contributed by atoms with van der Waals surface area (Å²) in [6.45, 7) is 7.96. The van der Waals surface area contributed by atoms with Crippen LogP contribution in [0.2, 0.25) is 0 Å². The average molecular weight is 335 g/mol. The van der Waals surface area contributed by atoms with E-state index in [2.05, 4.69) is 23.6 Å². The third-order valence-corrected chi connectivity index (χ3v) is 6.14. The molecule has 24 heavy (non-hydrogen) atoms. The molecule has 5 nitrogen and oxygen atoms in total. The highest BCUT2D eigenvalue weighted by atomic mass is 16.2. The Morgan fingerprint density at radius 3 is 2.21 bits per heavy atom. The number of nitrogens with zero attached hydrogens (tertiary/aromatic N) is 3. The van der Waals surface area contributed by atoms with E-state index in [1.165, 1.54) is 0 Å². The quantitative estimate of drug-likeness (QED) is 0.789. The maximum absolute atomic E-state index is 12.6. The summed E-state index contributed by atoms with van der Waals surface area (Å²) in [5.74, 6) is 1.18. The SMILES string of the molecule is CC(C)N(C)C(=O)[C@@H]1CCCN(C2CCN(C(=O)C3CC3)CC2)C1. The second-order valence-electron chi connectivity index (χ2n) is 8.21. The molecule has 0 aromatic heterocycles. The van der Waals surface area contributed by atoms with Gasteiger partial charge in [-0.1, -0.05) is 0 Å². The Morgan fingerprint density at radius 2 is 1.62 bits per heavy atom. The van der Waals surface area contributed by atoms with Gasteiger partial charge < -0.3 is 9.80 Å². The lowest BCUT2D eigenvalue weighted by Crippen LogP contribution is -2.52. The molecule has 3 aliphatic rings. The van der Waals surface area contributed by atoms with E-state index in [0.717, 1.165) is 64.7 Å². The van der Waals surface area contributed by atoms with Gasteiger partial charge in [-0.15, -0.1) is 0 Å². The van der Waals surface area contributed by atoms with Crippen LogP contribution in [0.25, 0.3) is 0 Å². The van der Waals surface area contributed by atoms with Gasteiger partial charge in [0.25, 0.3) is 0 Å². The van der Waals surface area contributed by atoms with E-state index in [4.69, 9.17) is 0 Å². The topological polar surface area (TPSA) is 43.9 Å². The van der Waals surface area contributed by atoms with Crippen LogP contribution in [-0.4, -0.2) is 71.8 Å². The maximum atomic E-state index is 12.6. The van der Waals surface area contributed by atoms with Crippen molar-refractivity contribution in [3.05, 3.63) is 0 Å². The van der Waals surface area contributed by atoms with Gasteiger partial charge in [-0.2, -0.15) is 0 Å². The minimum atomic E-state index is 0.150. The summed E-state index contributed by atoms with van der Waals surface area (Å²) in [5.41, 5.74) is 0. The Bertz CT molecular complexity index is 467. The van der Waals surface area contributed by atoms with Crippen molar-refractivity contribution in [2.24, 2.45) is 11.8 Å². The smallest absolute Gasteiger partial charge is 0.226 e. The van der Waals surface area contributed by atoms with Crippen LogP contribution in [-0.2, 0) is 9.59 Å². The molecule has 2 saturated heterocycles. The molecule has 0 unspecified atom stereocenters. The first-order valence-electron chi connectivity index (χ1n) is 9.77. The fourth-order valence-corrected chi connectivity index (χ4v) is 4.12. The molecule has 1 saturated carbocycles. The van der Waals surface area contributed by atoms with E-state index in [1.807, 2.05) is 11.9 Å². The zero-order valence-electron chi connectivity index (χ0n) is 15.5. The minimum absolute atomic E-state index is 0.150. The highest BCUT2D eigenvalue weighted by Crippen LogP contribution is 2.32. The molecule has 0 aromatic rings. The molecule has 5 heteroatoms. The fourth-order valence-electron chi connectivity index (χ4n) is 4.12. The zero-order chi connectivity index (χ0) is 17.3. The monoisotopic (exact) mass is 335 g/mol. The number of amides is 2. The van der Waals surface area contributed by atoms with Crippen molar-refractivity contribution >= 4 is 11.8 Å². The van der Waals surface area contributed by atoms with E-state index < -0.39 is 0 Å². The summed E-state index contributed by atoms with van der Waals surface area (Å²) in [6.07, 6.45) is 6.46. The fraction of sp³-hybridized carbons (Fsp3) is 0.895. The summed E-state index contributed by atoms with van der Waals surface area (Å²) in [4.78, 5) is 31.3. The van der Waals surface area contributed by atoms with Gasteiger partial charge in [0.2, 0.25) is 11.8 Å². The average Bonchev–Trinajstić information content (AvgIpc) is 3.45. The summed E-state index contributed by atoms with van der Waals surface area (Å²) < 4.78 is 0. The molecule has 2 amide bonds. The highest BCUT2D eigenvalue weighted by Gasteiger charge is 2.37. The lowest BCUT2D eigenvalue weighted by Gasteiger charge is -2.42. The van der Waals surface area contributed by atoms with Crippen molar-refractivity contribution in [3.63, 3.8) is 0 Å². The molecule has 1 atom stereocenters. The Kier molecular flexibility index (Phi) is 5.48. The van der Waals surface area contributed by atoms with Crippen LogP contribution >= 0.6 is 0 Å². The van der Waals surface area contributed by atoms with Crippen LogP contribution in [0.15, 0.2) is 0 Å². The molecule has 0 radical (unpaired) electrons. The van der Waals surface area contributed by atoms with Gasteiger partial charge in [0.1, 0.15) is 0 Å². The summed E-state index contributed by atoms with van der Waals surface area (Å²) in [5, 5.41) is 0. The van der Waals surface area contributed by atoms with Crippen molar-refractivity contribution in [2.75, 3.05) is 33.2 Å². The number of hydrogen-bond acceptors (Lipinski definition) is 3. The number of rotatable bonds is 4. The second-order valence-corrected chi connectivity index (χ2v) is 8.21. The van der Waals surface area contributed by atoms with Gasteiger partial charge in [-0.05, 0) is 58.9 Å². The van der Waals surface area contributed by atoms with Gasteiger partial charge in [0.15, 0.2) is 0 Å². The van der Waals surface area contributed by atoms with Gasteiger partial charge in [0.05, 0.1) is 5.92 Å². The molecular formula is C19H33N3O2. The van der Waals surface area contributed by atoms with Crippen LogP contribution in [0.1, 0.15) is 52.4 Å². The Morgan fingerprint density at radius 1 is 0.958 bits per heavy atom. The third kappa shape index (κ3) is 3.93. The molecule has 0 aromatic carbocycles. The van der Waals surface area contributed by atoms with Gasteiger partial charge >= 0.3 is 0 Å². The second kappa shape index (κ2) is 7.42. The molecule has 0 bridgehead atoms. The molecule has 136 valence electrons. The highest BCUT2D eigenvalue weighted by molar-refractivity contribution is 5.81. The van der Waals surface area contributed by atoms with Crippen LogP contribution in [0, 0.1) is 11.8 Å². The molecule has 3 fully saturated rings. The van der Waals surface area contributed by atoms with E-state index in [-0.39, 0.29) is 12.0 Å². The van der Waals surface area contributed by atoms with Crippen molar-refractivity contribution in [3.8, 4) is 0 Å². The van der Waals surface area contributed by atoms with Crippen LogP contribution in [0.3, 0.4) is 0 Å². The Labute approximate surface area is 146 Å². The Hall–Kier alpha value is -1.10. The van der Waals surface area contributed by atoms with Crippen molar-refractivity contribution in [1.29, 1.82) is 0 Å². The number of likely N-dealkylation sites (tertiary alicyclic amines) is 2. The first-order chi connectivity index (χ1) is 11.5. The number of carbonyl (C=O) groups excluding carboxylic acids is 2. The predicted molar refractivity (Wildman–Crippen MR) is 94.5 cm³/mol. The molecule has 0 N–H and O–H groups in total. The molecular weight excluding hydrogens is 302 g/mol. The van der Waals surface area contributed by atoms with Crippen LogP contribution < -0.4 is 0 Å². The standard InChI is InChI=1S/C19H33N3O2/c1-14(2)20(3)18(23)16-5-4-10-22(13-16)17-8-11-21(12-9-17)19(24)15-6-7-15/h14-17H,4-13H2,1-3H3/t16-/m1/s1. The molecule has 0 spiro atoms. The molecule has 2 aliphatic heterocycles. The summed E-state index contributed by atoms with van der Waals surface area (Å²) >= 11 is 0. The van der Waals surface area contributed by atoms with Crippen LogP contribution in [0.5, 0.6) is 0 Å². The van der Waals surface area contributed by atoms with E-state index in [0.29, 0.717) is 23.8 Å². The Balaban J connectivity index is 1.50. The maximum Gasteiger partial charge on any atom is 0.226 e. The number of piperidine rings is 2. The van der Waals surface area contributed by atoms with Gasteiger partial charge in [-0.3, -0.25) is 14.5 Å². The normalized spacial score (nSPS) is 26.7. The van der Waals surface area contributed by atoms with Gasteiger partial charge in [-0.25, -0.2) is 0 Å². The number of carbonyl (C=O) groups is 2. The first kappa shape index (κ1) is 17.7. The first-order valence-corrected chi connectivity index (χ1v) is 9.77. The molecule has 3 rings (SSSR count).